The van der Waals surface area contributed by atoms with Gasteiger partial charge in [0.15, 0.2) is 5.82 Å². The third-order valence-electron chi connectivity index (χ3n) is 5.19. The average Bonchev–Trinajstić information content (AvgIpc) is 2.75. The van der Waals surface area contributed by atoms with E-state index in [1.165, 1.54) is 12.1 Å². The molecular formula is C24H22FN3O. The third-order valence-corrected chi connectivity index (χ3v) is 5.19. The molecule has 5 heteroatoms. The van der Waals surface area contributed by atoms with Gasteiger partial charge in [-0.1, -0.05) is 25.1 Å². The summed E-state index contributed by atoms with van der Waals surface area (Å²) >= 11 is 0. The van der Waals surface area contributed by atoms with Gasteiger partial charge in [0, 0.05) is 23.2 Å². The van der Waals surface area contributed by atoms with E-state index >= 15 is 0 Å². The van der Waals surface area contributed by atoms with Gasteiger partial charge in [-0.25, -0.2) is 14.4 Å². The summed E-state index contributed by atoms with van der Waals surface area (Å²) < 4.78 is 14.0. The molecule has 4 rings (SSSR count). The van der Waals surface area contributed by atoms with Crippen molar-refractivity contribution in [2.24, 2.45) is 0 Å². The van der Waals surface area contributed by atoms with Crippen LogP contribution in [-0.2, 0) is 6.42 Å². The maximum atomic E-state index is 14.0. The first-order valence-electron chi connectivity index (χ1n) is 9.81. The molecule has 1 unspecified atom stereocenters. The Kier molecular flexibility index (Phi) is 5.47. The quantitative estimate of drug-likeness (QED) is 0.463. The number of phenolic OH excluding ortho intramolecular Hbond substituents is 1. The minimum atomic E-state index is -0.308. The number of nitrogens with zero attached hydrogens (tertiary/aromatic N) is 3. The number of hydrogen-bond acceptors (Lipinski definition) is 4. The molecule has 29 heavy (non-hydrogen) atoms. The van der Waals surface area contributed by atoms with Crippen molar-refractivity contribution < 1.29 is 9.50 Å². The van der Waals surface area contributed by atoms with Gasteiger partial charge in [-0.2, -0.15) is 0 Å². The number of para-hydroxylation sites is 1. The van der Waals surface area contributed by atoms with Crippen LogP contribution in [0.5, 0.6) is 5.75 Å². The number of fused-ring (bicyclic) bond motifs is 1. The summed E-state index contributed by atoms with van der Waals surface area (Å²) in [6.07, 6.45) is 4.31. The first-order valence-corrected chi connectivity index (χ1v) is 9.81. The second kappa shape index (κ2) is 8.35. The fourth-order valence-corrected chi connectivity index (χ4v) is 3.62. The summed E-state index contributed by atoms with van der Waals surface area (Å²) in [5.74, 6) is 0.390. The summed E-state index contributed by atoms with van der Waals surface area (Å²) in [7, 11) is 0. The van der Waals surface area contributed by atoms with Crippen LogP contribution in [0.4, 0.5) is 4.39 Å². The molecule has 0 saturated carbocycles. The van der Waals surface area contributed by atoms with E-state index in [9.17, 15) is 9.50 Å². The highest BCUT2D eigenvalue weighted by Crippen LogP contribution is 2.33. The molecule has 2 heterocycles. The van der Waals surface area contributed by atoms with Gasteiger partial charge < -0.3 is 5.11 Å². The number of aryl methyl sites for hydroxylation is 1. The molecule has 2 aromatic carbocycles. The van der Waals surface area contributed by atoms with E-state index in [-0.39, 0.29) is 17.5 Å². The Hall–Kier alpha value is -3.34. The lowest BCUT2D eigenvalue weighted by Gasteiger charge is -2.18. The standard InChI is InChI=1S/C24H22FN3O/c1-2-16(10-12-18-7-5-6-14-26-18)23-20-15-17(25)11-13-21(20)27-24(28-23)19-8-3-4-9-22(19)29/h3-9,11,13-16,29H,2,10,12H2,1H3. The van der Waals surface area contributed by atoms with E-state index in [2.05, 4.69) is 16.9 Å². The van der Waals surface area contributed by atoms with E-state index in [0.29, 0.717) is 16.9 Å². The van der Waals surface area contributed by atoms with Crippen molar-refractivity contribution in [1.82, 2.24) is 15.0 Å². The molecule has 146 valence electrons. The predicted octanol–water partition coefficient (Wildman–Crippen LogP) is 5.66. The summed E-state index contributed by atoms with van der Waals surface area (Å²) in [5, 5.41) is 11.0. The number of phenols is 1. The Morgan fingerprint density at radius 3 is 2.59 bits per heavy atom. The van der Waals surface area contributed by atoms with Gasteiger partial charge in [-0.3, -0.25) is 4.98 Å². The minimum Gasteiger partial charge on any atom is -0.507 e. The van der Waals surface area contributed by atoms with E-state index < -0.39 is 0 Å². The molecular weight excluding hydrogens is 365 g/mol. The zero-order valence-corrected chi connectivity index (χ0v) is 16.2. The molecule has 0 aliphatic carbocycles. The predicted molar refractivity (Wildman–Crippen MR) is 112 cm³/mol. The van der Waals surface area contributed by atoms with Crippen LogP contribution in [0, 0.1) is 5.82 Å². The highest BCUT2D eigenvalue weighted by Gasteiger charge is 2.19. The first kappa shape index (κ1) is 19.0. The molecule has 0 aliphatic heterocycles. The first-order chi connectivity index (χ1) is 14.2. The van der Waals surface area contributed by atoms with Crippen LogP contribution < -0.4 is 0 Å². The molecule has 1 N–H and O–H groups in total. The van der Waals surface area contributed by atoms with Gasteiger partial charge in [-0.15, -0.1) is 0 Å². The third kappa shape index (κ3) is 4.09. The van der Waals surface area contributed by atoms with Crippen LogP contribution in [0.15, 0.2) is 66.9 Å². The number of rotatable bonds is 6. The van der Waals surface area contributed by atoms with E-state index in [4.69, 9.17) is 4.98 Å². The van der Waals surface area contributed by atoms with Crippen LogP contribution in [-0.4, -0.2) is 20.1 Å². The lowest BCUT2D eigenvalue weighted by atomic mass is 9.92. The Morgan fingerprint density at radius 1 is 1.00 bits per heavy atom. The molecule has 0 saturated heterocycles. The number of pyridine rings is 1. The van der Waals surface area contributed by atoms with Gasteiger partial charge >= 0.3 is 0 Å². The molecule has 0 fully saturated rings. The lowest BCUT2D eigenvalue weighted by Crippen LogP contribution is -2.07. The van der Waals surface area contributed by atoms with Crippen molar-refractivity contribution >= 4 is 10.9 Å². The van der Waals surface area contributed by atoms with Gasteiger partial charge in [0.05, 0.1) is 16.8 Å². The number of aromatic hydroxyl groups is 1. The van der Waals surface area contributed by atoms with Crippen LogP contribution in [0.1, 0.15) is 37.1 Å². The maximum absolute atomic E-state index is 14.0. The fraction of sp³-hybridized carbons (Fsp3) is 0.208. The zero-order chi connectivity index (χ0) is 20.2. The highest BCUT2D eigenvalue weighted by atomic mass is 19.1. The van der Waals surface area contributed by atoms with Gasteiger partial charge in [0.2, 0.25) is 0 Å². The topological polar surface area (TPSA) is 58.9 Å². The van der Waals surface area contributed by atoms with E-state index in [0.717, 1.165) is 36.0 Å². The highest BCUT2D eigenvalue weighted by molar-refractivity contribution is 5.84. The lowest BCUT2D eigenvalue weighted by molar-refractivity contribution is 0.477. The van der Waals surface area contributed by atoms with Crippen LogP contribution >= 0.6 is 0 Å². The monoisotopic (exact) mass is 387 g/mol. The summed E-state index contributed by atoms with van der Waals surface area (Å²) in [4.78, 5) is 13.8. The van der Waals surface area contributed by atoms with Crippen molar-refractivity contribution in [3.05, 3.63) is 84.1 Å². The van der Waals surface area contributed by atoms with Crippen LogP contribution in [0.3, 0.4) is 0 Å². The Labute approximate surface area is 169 Å². The van der Waals surface area contributed by atoms with Crippen molar-refractivity contribution in [1.29, 1.82) is 0 Å². The SMILES string of the molecule is CCC(CCc1ccccn1)c1nc(-c2ccccc2O)nc2ccc(F)cc12. The van der Waals surface area contributed by atoms with Crippen molar-refractivity contribution in [3.8, 4) is 17.1 Å². The molecule has 4 nitrogen and oxygen atoms in total. The van der Waals surface area contributed by atoms with Crippen molar-refractivity contribution in [2.75, 3.05) is 0 Å². The van der Waals surface area contributed by atoms with Crippen LogP contribution in [0.2, 0.25) is 0 Å². The number of halogens is 1. The molecule has 1 atom stereocenters. The largest absolute Gasteiger partial charge is 0.507 e. The maximum Gasteiger partial charge on any atom is 0.163 e. The molecule has 0 aliphatic rings. The van der Waals surface area contributed by atoms with Crippen molar-refractivity contribution in [3.63, 3.8) is 0 Å². The Balaban J connectivity index is 1.79. The van der Waals surface area contributed by atoms with Crippen molar-refractivity contribution in [2.45, 2.75) is 32.1 Å². The summed E-state index contributed by atoms with van der Waals surface area (Å²) in [6, 6.07) is 17.5. The summed E-state index contributed by atoms with van der Waals surface area (Å²) in [5.41, 5.74) is 3.08. The molecule has 0 spiro atoms. The molecule has 2 aromatic heterocycles. The minimum absolute atomic E-state index is 0.119. The zero-order valence-electron chi connectivity index (χ0n) is 16.2. The fourth-order valence-electron chi connectivity index (χ4n) is 3.62. The second-order valence-electron chi connectivity index (χ2n) is 7.08. The molecule has 0 bridgehead atoms. The average molecular weight is 387 g/mol. The molecule has 0 amide bonds. The number of hydrogen-bond donors (Lipinski definition) is 1. The van der Waals surface area contributed by atoms with Gasteiger partial charge in [0.1, 0.15) is 11.6 Å². The number of benzene rings is 2. The van der Waals surface area contributed by atoms with E-state index in [1.54, 1.807) is 30.5 Å². The van der Waals surface area contributed by atoms with Gasteiger partial charge in [-0.05, 0) is 61.7 Å². The normalized spacial score (nSPS) is 12.2. The molecule has 4 aromatic rings. The van der Waals surface area contributed by atoms with Gasteiger partial charge in [0.25, 0.3) is 0 Å². The Bertz CT molecular complexity index is 1130. The van der Waals surface area contributed by atoms with E-state index in [1.807, 2.05) is 24.3 Å². The number of aromatic nitrogens is 3. The second-order valence-corrected chi connectivity index (χ2v) is 7.08. The Morgan fingerprint density at radius 2 is 1.83 bits per heavy atom. The summed E-state index contributed by atoms with van der Waals surface area (Å²) in [6.45, 7) is 2.11. The smallest absolute Gasteiger partial charge is 0.163 e. The molecule has 0 radical (unpaired) electrons. The van der Waals surface area contributed by atoms with Crippen LogP contribution in [0.25, 0.3) is 22.3 Å².